The molecule has 0 nitrogen and oxygen atoms in total. The quantitative estimate of drug-likeness (QED) is 0.151. The standard InChI is InChI=1S/2C16H13.CH2.2ClH.Ti/c2*1-12-10-11-14-8-5-9-15(16(12)14)13-6-3-2-4-7-13;;;;/h2*2-11H,1H3;1H2;2*1H;/q2*-1;;;;+2/p-2. The van der Waals surface area contributed by atoms with Gasteiger partial charge in [-0.15, -0.1) is 57.9 Å². The molecule has 36 heavy (non-hydrogen) atoms. The Morgan fingerprint density at radius 3 is 1.28 bits per heavy atom. The molecule has 3 heteroatoms. The summed E-state index contributed by atoms with van der Waals surface area (Å²) in [4.78, 5) is 3.34. The summed E-state index contributed by atoms with van der Waals surface area (Å²) in [5, 5.41) is 5.43. The van der Waals surface area contributed by atoms with Gasteiger partial charge in [-0.1, -0.05) is 97.8 Å². The van der Waals surface area contributed by atoms with E-state index in [-0.39, 0.29) is 0 Å². The van der Waals surface area contributed by atoms with E-state index in [0.29, 0.717) is 0 Å². The average Bonchev–Trinajstić information content (AvgIpc) is 3.48. The van der Waals surface area contributed by atoms with Crippen LogP contribution in [0.4, 0.5) is 0 Å². The number of fused-ring (bicyclic) bond motifs is 2. The van der Waals surface area contributed by atoms with E-state index in [2.05, 4.69) is 140 Å². The van der Waals surface area contributed by atoms with Crippen molar-refractivity contribution in [2.24, 2.45) is 0 Å². The molecule has 0 atom stereocenters. The second-order valence-electron chi connectivity index (χ2n) is 8.64. The molecular formula is C33H28Cl2Ti-2. The van der Waals surface area contributed by atoms with Crippen molar-refractivity contribution in [2.45, 2.75) is 13.8 Å². The van der Waals surface area contributed by atoms with Crippen molar-refractivity contribution in [3.63, 3.8) is 0 Å². The summed E-state index contributed by atoms with van der Waals surface area (Å²) in [6.07, 6.45) is 0. The molecule has 0 aliphatic heterocycles. The van der Waals surface area contributed by atoms with Crippen LogP contribution in [-0.4, -0.2) is 4.82 Å². The van der Waals surface area contributed by atoms with Crippen molar-refractivity contribution in [3.8, 4) is 22.3 Å². The summed E-state index contributed by atoms with van der Waals surface area (Å²) < 4.78 is 0. The third-order valence-electron chi connectivity index (χ3n) is 6.18. The first-order valence-corrected chi connectivity index (χ1v) is 17.3. The van der Waals surface area contributed by atoms with Crippen LogP contribution in [-0.2, 0) is 15.3 Å². The molecule has 0 radical (unpaired) electrons. The Hall–Kier alpha value is -2.74. The van der Waals surface area contributed by atoms with Gasteiger partial charge in [0.05, 0.1) is 0 Å². The van der Waals surface area contributed by atoms with Gasteiger partial charge in [0.25, 0.3) is 0 Å². The summed E-state index contributed by atoms with van der Waals surface area (Å²) >= 11 is -1.64. The zero-order chi connectivity index (χ0) is 25.5. The van der Waals surface area contributed by atoms with E-state index in [4.69, 9.17) is 18.6 Å². The molecule has 0 bridgehead atoms. The predicted molar refractivity (Wildman–Crippen MR) is 158 cm³/mol. The zero-order valence-electron chi connectivity index (χ0n) is 20.5. The van der Waals surface area contributed by atoms with Gasteiger partial charge in [0.1, 0.15) is 0 Å². The minimum atomic E-state index is -1.64. The van der Waals surface area contributed by atoms with Gasteiger partial charge in [-0.2, -0.15) is 23.3 Å². The molecule has 6 aromatic rings. The summed E-state index contributed by atoms with van der Waals surface area (Å²) in [7, 11) is 10.2. The molecule has 0 heterocycles. The van der Waals surface area contributed by atoms with Crippen LogP contribution in [0.2, 0.25) is 0 Å². The van der Waals surface area contributed by atoms with E-state index in [1.165, 1.54) is 54.9 Å². The third-order valence-corrected chi connectivity index (χ3v) is 6.18. The van der Waals surface area contributed by atoms with E-state index < -0.39 is 15.3 Å². The molecule has 6 aromatic carbocycles. The number of hydrogen-bond acceptors (Lipinski definition) is 0. The molecule has 0 saturated heterocycles. The number of hydrogen-bond donors (Lipinski definition) is 0. The predicted octanol–water partition coefficient (Wildman–Crippen LogP) is 10.4. The van der Waals surface area contributed by atoms with Crippen LogP contribution < -0.4 is 0 Å². The maximum atomic E-state index is 5.10. The van der Waals surface area contributed by atoms with Crippen LogP contribution >= 0.6 is 18.6 Å². The Bertz CT molecular complexity index is 1450. The Morgan fingerprint density at radius 2 is 0.917 bits per heavy atom. The molecule has 0 aliphatic rings. The summed E-state index contributed by atoms with van der Waals surface area (Å²) in [5.74, 6) is 0. The van der Waals surface area contributed by atoms with Crippen LogP contribution in [0.3, 0.4) is 0 Å². The van der Waals surface area contributed by atoms with Crippen molar-refractivity contribution < 1.29 is 15.3 Å². The van der Waals surface area contributed by atoms with E-state index in [1.807, 2.05) is 0 Å². The Balaban J connectivity index is 0.000000148. The van der Waals surface area contributed by atoms with Gasteiger partial charge < -0.3 is 0 Å². The summed E-state index contributed by atoms with van der Waals surface area (Å²) in [5.41, 5.74) is 7.97. The van der Waals surface area contributed by atoms with Crippen molar-refractivity contribution in [1.29, 1.82) is 0 Å². The molecule has 0 aliphatic carbocycles. The number of aryl methyl sites for hydroxylation is 2. The normalized spacial score (nSPS) is 10.3. The van der Waals surface area contributed by atoms with Crippen LogP contribution in [0.25, 0.3) is 43.8 Å². The second kappa shape index (κ2) is 12.5. The Kier molecular flexibility index (Phi) is 9.13. The monoisotopic (exact) mass is 542 g/mol. The Labute approximate surface area is 227 Å². The first-order chi connectivity index (χ1) is 17.5. The molecule has 0 amide bonds. The molecular weight excluding hydrogens is 515 g/mol. The van der Waals surface area contributed by atoms with Gasteiger partial charge in [0, 0.05) is 0 Å². The minimum absolute atomic E-state index is 1.29. The van der Waals surface area contributed by atoms with Gasteiger partial charge in [0.15, 0.2) is 0 Å². The fourth-order valence-electron chi connectivity index (χ4n) is 4.61. The second-order valence-corrected chi connectivity index (χ2v) is 14.3. The molecule has 0 saturated carbocycles. The first kappa shape index (κ1) is 26.3. The first-order valence-electron chi connectivity index (χ1n) is 11.9. The molecule has 6 rings (SSSR count). The van der Waals surface area contributed by atoms with Gasteiger partial charge in [0.2, 0.25) is 0 Å². The van der Waals surface area contributed by atoms with Gasteiger partial charge in [-0.25, -0.2) is 0 Å². The fraction of sp³-hybridized carbons (Fsp3) is 0.0606. The van der Waals surface area contributed by atoms with E-state index in [1.54, 1.807) is 0 Å². The SMILES string of the molecule is Cc1c[cH-]c2cccc(-c3ccccc3)c12.Cc1c[cH-]c2cccc(-c3ccccc3)c12.[CH2]=[Ti]([Cl])[Cl]. The topological polar surface area (TPSA) is 0 Å². The summed E-state index contributed by atoms with van der Waals surface area (Å²) in [6.45, 7) is 4.35. The maximum absolute atomic E-state index is 5.10. The number of halogens is 2. The van der Waals surface area contributed by atoms with E-state index >= 15 is 0 Å². The van der Waals surface area contributed by atoms with Crippen molar-refractivity contribution in [2.75, 3.05) is 0 Å². The van der Waals surface area contributed by atoms with Gasteiger partial charge in [-0.3, -0.25) is 0 Å². The number of benzene rings is 4. The van der Waals surface area contributed by atoms with Gasteiger partial charge in [-0.05, 0) is 11.1 Å². The van der Waals surface area contributed by atoms with Crippen LogP contribution in [0.15, 0.2) is 121 Å². The van der Waals surface area contributed by atoms with Crippen LogP contribution in [0.1, 0.15) is 11.1 Å². The molecule has 0 N–H and O–H groups in total. The fourth-order valence-corrected chi connectivity index (χ4v) is 4.61. The molecule has 0 unspecified atom stereocenters. The summed E-state index contributed by atoms with van der Waals surface area (Å²) in [6, 6.07) is 42.9. The van der Waals surface area contributed by atoms with E-state index in [0.717, 1.165) is 0 Å². The molecule has 0 fully saturated rings. The van der Waals surface area contributed by atoms with E-state index in [9.17, 15) is 0 Å². The Morgan fingerprint density at radius 1 is 0.556 bits per heavy atom. The number of rotatable bonds is 2. The van der Waals surface area contributed by atoms with Crippen LogP contribution in [0.5, 0.6) is 0 Å². The average molecular weight is 543 g/mol. The zero-order valence-corrected chi connectivity index (χ0v) is 23.6. The van der Waals surface area contributed by atoms with Crippen molar-refractivity contribution in [3.05, 3.63) is 132 Å². The van der Waals surface area contributed by atoms with Crippen molar-refractivity contribution in [1.82, 2.24) is 0 Å². The third kappa shape index (κ3) is 6.33. The molecule has 0 spiro atoms. The molecule has 180 valence electrons. The van der Waals surface area contributed by atoms with Crippen molar-refractivity contribution >= 4 is 45.0 Å². The molecule has 0 aromatic heterocycles. The van der Waals surface area contributed by atoms with Gasteiger partial charge >= 0.3 is 38.7 Å². The van der Waals surface area contributed by atoms with Crippen LogP contribution in [0, 0.1) is 13.8 Å².